The summed E-state index contributed by atoms with van der Waals surface area (Å²) in [7, 11) is 0. The van der Waals surface area contributed by atoms with E-state index in [4.69, 9.17) is 28.3 Å². The molecule has 1 amide bonds. The molecule has 2 heterocycles. The predicted molar refractivity (Wildman–Crippen MR) is 95.6 cm³/mol. The van der Waals surface area contributed by atoms with Gasteiger partial charge in [-0.2, -0.15) is 10.2 Å². The van der Waals surface area contributed by atoms with Gasteiger partial charge in [0.05, 0.1) is 6.54 Å². The van der Waals surface area contributed by atoms with Crippen molar-refractivity contribution in [3.8, 4) is 0 Å². The number of rotatable bonds is 6. The molecule has 0 aliphatic carbocycles. The van der Waals surface area contributed by atoms with Gasteiger partial charge in [0.2, 0.25) is 0 Å². The summed E-state index contributed by atoms with van der Waals surface area (Å²) in [6.45, 7) is 0.100. The fourth-order valence-electron chi connectivity index (χ4n) is 2.23. The van der Waals surface area contributed by atoms with Crippen molar-refractivity contribution in [1.82, 2.24) is 19.6 Å². The molecule has 0 fully saturated rings. The number of carbonyl (C=O) groups is 2. The third-order valence-electron chi connectivity index (χ3n) is 3.40. The number of benzene rings is 1. The van der Waals surface area contributed by atoms with Crippen molar-refractivity contribution in [2.45, 2.75) is 13.1 Å². The van der Waals surface area contributed by atoms with Gasteiger partial charge in [0.1, 0.15) is 6.54 Å². The van der Waals surface area contributed by atoms with E-state index >= 15 is 0 Å². The molecule has 26 heavy (non-hydrogen) atoms. The Kier molecular flexibility index (Phi) is 5.24. The molecule has 0 unspecified atom stereocenters. The first-order chi connectivity index (χ1) is 12.4. The maximum atomic E-state index is 12.2. The number of carboxylic acid groups (broad SMARTS) is 1. The summed E-state index contributed by atoms with van der Waals surface area (Å²) in [5.41, 5.74) is 0.936. The third kappa shape index (κ3) is 4.41. The maximum absolute atomic E-state index is 12.2. The predicted octanol–water partition coefficient (Wildman–Crippen LogP) is 2.77. The number of nitrogens with zero attached hydrogens (tertiary/aromatic N) is 4. The molecular weight excluding hydrogens is 381 g/mol. The molecule has 2 N–H and O–H groups in total. The molecule has 10 heteroatoms. The topological polar surface area (TPSA) is 102 Å². The highest BCUT2D eigenvalue weighted by molar-refractivity contribution is 6.35. The summed E-state index contributed by atoms with van der Waals surface area (Å²) < 4.78 is 2.78. The van der Waals surface area contributed by atoms with Crippen LogP contribution in [0.2, 0.25) is 10.0 Å². The minimum atomic E-state index is -1.04. The van der Waals surface area contributed by atoms with Crippen LogP contribution in [-0.4, -0.2) is 36.5 Å². The largest absolute Gasteiger partial charge is 0.480 e. The van der Waals surface area contributed by atoms with E-state index in [0.717, 1.165) is 5.56 Å². The lowest BCUT2D eigenvalue weighted by atomic mass is 10.2. The number of anilines is 1. The van der Waals surface area contributed by atoms with Crippen LogP contribution < -0.4 is 5.32 Å². The Labute approximate surface area is 157 Å². The Balaban J connectivity index is 1.65. The van der Waals surface area contributed by atoms with Crippen molar-refractivity contribution in [1.29, 1.82) is 0 Å². The van der Waals surface area contributed by atoms with Crippen molar-refractivity contribution in [2.75, 3.05) is 5.32 Å². The smallest absolute Gasteiger partial charge is 0.325 e. The van der Waals surface area contributed by atoms with E-state index in [-0.39, 0.29) is 12.2 Å². The van der Waals surface area contributed by atoms with E-state index in [9.17, 15) is 9.59 Å². The van der Waals surface area contributed by atoms with Gasteiger partial charge >= 0.3 is 5.97 Å². The highest BCUT2D eigenvalue weighted by atomic mass is 35.5. The van der Waals surface area contributed by atoms with Crippen LogP contribution in [0.25, 0.3) is 0 Å². The molecule has 0 bridgehead atoms. The Morgan fingerprint density at radius 2 is 1.85 bits per heavy atom. The van der Waals surface area contributed by atoms with Gasteiger partial charge in [-0.25, -0.2) is 0 Å². The molecule has 3 rings (SSSR count). The van der Waals surface area contributed by atoms with Gasteiger partial charge in [-0.15, -0.1) is 0 Å². The zero-order valence-electron chi connectivity index (χ0n) is 13.3. The molecule has 3 aromatic rings. The van der Waals surface area contributed by atoms with Crippen molar-refractivity contribution >= 4 is 40.9 Å². The van der Waals surface area contributed by atoms with E-state index in [2.05, 4.69) is 15.5 Å². The summed E-state index contributed by atoms with van der Waals surface area (Å²) in [6.07, 6.45) is 3.12. The fraction of sp³-hybridized carbons (Fsp3) is 0.125. The zero-order chi connectivity index (χ0) is 18.7. The van der Waals surface area contributed by atoms with Gasteiger partial charge < -0.3 is 10.4 Å². The normalized spacial score (nSPS) is 10.7. The molecule has 0 aliphatic heterocycles. The van der Waals surface area contributed by atoms with Crippen LogP contribution in [0, 0.1) is 0 Å². The molecule has 0 saturated carbocycles. The van der Waals surface area contributed by atoms with Crippen molar-refractivity contribution in [3.05, 3.63) is 64.0 Å². The number of aromatic nitrogens is 4. The molecule has 8 nitrogen and oxygen atoms in total. The average Bonchev–Trinajstić information content (AvgIpc) is 3.19. The van der Waals surface area contributed by atoms with Crippen LogP contribution in [0.1, 0.15) is 16.1 Å². The van der Waals surface area contributed by atoms with Crippen molar-refractivity contribution < 1.29 is 14.7 Å². The Morgan fingerprint density at radius 1 is 1.08 bits per heavy atom. The molecule has 1 aromatic carbocycles. The number of carboxylic acids is 1. The standard InChI is InChI=1S/C16H13Cl2N5O3/c17-11-2-1-10(12(18)7-11)8-22-6-4-14(21-22)19-16(26)13-3-5-23(20-13)9-15(24)25/h1-7H,8-9H2,(H,24,25)(H,19,21,26). The number of amides is 1. The van der Waals surface area contributed by atoms with E-state index in [1.54, 1.807) is 35.1 Å². The first-order valence-corrected chi connectivity index (χ1v) is 8.20. The van der Waals surface area contributed by atoms with Gasteiger partial charge in [0, 0.05) is 28.5 Å². The summed E-state index contributed by atoms with van der Waals surface area (Å²) in [5, 5.41) is 20.6. The van der Waals surface area contributed by atoms with Gasteiger partial charge in [0.15, 0.2) is 11.5 Å². The Hall–Kier alpha value is -2.84. The first kappa shape index (κ1) is 18.0. The maximum Gasteiger partial charge on any atom is 0.325 e. The highest BCUT2D eigenvalue weighted by Gasteiger charge is 2.13. The number of hydrogen-bond acceptors (Lipinski definition) is 4. The first-order valence-electron chi connectivity index (χ1n) is 7.45. The second kappa shape index (κ2) is 7.59. The number of carbonyl (C=O) groups excluding carboxylic acids is 1. The molecule has 0 aliphatic rings. The molecule has 0 radical (unpaired) electrons. The highest BCUT2D eigenvalue weighted by Crippen LogP contribution is 2.21. The van der Waals surface area contributed by atoms with Gasteiger partial charge in [-0.05, 0) is 23.8 Å². The zero-order valence-corrected chi connectivity index (χ0v) is 14.8. The lowest BCUT2D eigenvalue weighted by Crippen LogP contribution is -2.15. The van der Waals surface area contributed by atoms with E-state index < -0.39 is 11.9 Å². The van der Waals surface area contributed by atoms with E-state index in [1.807, 2.05) is 0 Å². The van der Waals surface area contributed by atoms with Crippen LogP contribution in [0.4, 0.5) is 5.82 Å². The number of nitrogens with one attached hydrogen (secondary N) is 1. The molecule has 2 aromatic heterocycles. The monoisotopic (exact) mass is 393 g/mol. The summed E-state index contributed by atoms with van der Waals surface area (Å²) in [5.74, 6) is -1.18. The molecule has 0 spiro atoms. The number of hydrogen-bond donors (Lipinski definition) is 2. The lowest BCUT2D eigenvalue weighted by Gasteiger charge is -2.05. The average molecular weight is 394 g/mol. The minimum absolute atomic E-state index is 0.0987. The van der Waals surface area contributed by atoms with Crippen LogP contribution in [-0.2, 0) is 17.9 Å². The molecule has 134 valence electrons. The van der Waals surface area contributed by atoms with Crippen LogP contribution in [0.5, 0.6) is 0 Å². The molecule has 0 saturated heterocycles. The summed E-state index contributed by atoms with van der Waals surface area (Å²) >= 11 is 12.0. The minimum Gasteiger partial charge on any atom is -0.480 e. The second-order valence-electron chi connectivity index (χ2n) is 5.38. The van der Waals surface area contributed by atoms with Crippen LogP contribution >= 0.6 is 23.2 Å². The summed E-state index contributed by atoms with van der Waals surface area (Å²) in [4.78, 5) is 22.8. The van der Waals surface area contributed by atoms with Gasteiger partial charge in [-0.3, -0.25) is 19.0 Å². The number of aliphatic carboxylic acids is 1. The van der Waals surface area contributed by atoms with E-state index in [1.165, 1.54) is 16.9 Å². The van der Waals surface area contributed by atoms with Crippen molar-refractivity contribution in [2.24, 2.45) is 0 Å². The summed E-state index contributed by atoms with van der Waals surface area (Å²) in [6, 6.07) is 8.26. The van der Waals surface area contributed by atoms with Gasteiger partial charge in [0.25, 0.3) is 5.91 Å². The Bertz CT molecular complexity index is 966. The van der Waals surface area contributed by atoms with Gasteiger partial charge in [-0.1, -0.05) is 29.3 Å². The fourth-order valence-corrected chi connectivity index (χ4v) is 2.70. The van der Waals surface area contributed by atoms with Crippen LogP contribution in [0.15, 0.2) is 42.7 Å². The third-order valence-corrected chi connectivity index (χ3v) is 3.99. The Morgan fingerprint density at radius 3 is 2.58 bits per heavy atom. The van der Waals surface area contributed by atoms with Crippen molar-refractivity contribution in [3.63, 3.8) is 0 Å². The second-order valence-corrected chi connectivity index (χ2v) is 6.22. The van der Waals surface area contributed by atoms with E-state index in [0.29, 0.717) is 22.4 Å². The van der Waals surface area contributed by atoms with Crippen LogP contribution in [0.3, 0.4) is 0 Å². The SMILES string of the molecule is O=C(O)Cn1ccc(C(=O)Nc2ccn(Cc3ccc(Cl)cc3Cl)n2)n1. The number of halogens is 2. The quantitative estimate of drug-likeness (QED) is 0.670. The molecule has 0 atom stereocenters. The lowest BCUT2D eigenvalue weighted by molar-refractivity contribution is -0.137. The molecular formula is C16H13Cl2N5O3.